The van der Waals surface area contributed by atoms with E-state index in [1.807, 2.05) is 13.8 Å². The van der Waals surface area contributed by atoms with Crippen LogP contribution >= 0.6 is 0 Å². The topological polar surface area (TPSA) is 50.1 Å². The van der Waals surface area contributed by atoms with Gasteiger partial charge in [-0.2, -0.15) is 18.3 Å². The van der Waals surface area contributed by atoms with E-state index in [2.05, 4.69) is 10.4 Å². The van der Waals surface area contributed by atoms with Crippen molar-refractivity contribution in [1.82, 2.24) is 15.1 Å². The minimum absolute atomic E-state index is 0.0000910. The molecule has 2 N–H and O–H groups in total. The predicted octanol–water partition coefficient (Wildman–Crippen LogP) is 2.43. The van der Waals surface area contributed by atoms with Gasteiger partial charge in [0.15, 0.2) is 5.69 Å². The molecule has 1 atom stereocenters. The fraction of sp³-hybridized carbons (Fsp3) is 0.769. The Morgan fingerprint density at radius 3 is 2.60 bits per heavy atom. The largest absolute Gasteiger partial charge is 0.435 e. The molecule has 0 amide bonds. The standard InChI is InChI=1S/C13H22F3N3O/c1-3-7-17-12(2,10-20)6-4-8-19-9-5-11(18-19)13(14,15)16/h5,9,17,20H,3-4,6-8,10H2,1-2H3. The van der Waals surface area contributed by atoms with Gasteiger partial charge in [0.2, 0.25) is 0 Å². The molecule has 1 heterocycles. The summed E-state index contributed by atoms with van der Waals surface area (Å²) in [5.74, 6) is 0. The maximum absolute atomic E-state index is 12.4. The molecule has 0 aromatic carbocycles. The number of aromatic nitrogens is 2. The van der Waals surface area contributed by atoms with E-state index in [0.29, 0.717) is 19.4 Å². The average Bonchev–Trinajstić information content (AvgIpc) is 2.85. The van der Waals surface area contributed by atoms with Crippen LogP contribution in [0, 0.1) is 0 Å². The third-order valence-corrected chi connectivity index (χ3v) is 3.20. The molecule has 20 heavy (non-hydrogen) atoms. The summed E-state index contributed by atoms with van der Waals surface area (Å²) in [7, 11) is 0. The summed E-state index contributed by atoms with van der Waals surface area (Å²) in [5, 5.41) is 16.1. The van der Waals surface area contributed by atoms with Crippen LogP contribution in [0.25, 0.3) is 0 Å². The molecule has 7 heteroatoms. The molecule has 0 saturated heterocycles. The Labute approximate surface area is 117 Å². The van der Waals surface area contributed by atoms with Crippen molar-refractivity contribution in [2.24, 2.45) is 0 Å². The maximum Gasteiger partial charge on any atom is 0.435 e. The van der Waals surface area contributed by atoms with Crippen LogP contribution in [0.4, 0.5) is 13.2 Å². The van der Waals surface area contributed by atoms with Gasteiger partial charge in [-0.3, -0.25) is 4.68 Å². The van der Waals surface area contributed by atoms with Crippen LogP contribution in [-0.2, 0) is 12.7 Å². The van der Waals surface area contributed by atoms with Crippen molar-refractivity contribution < 1.29 is 18.3 Å². The molecule has 0 saturated carbocycles. The summed E-state index contributed by atoms with van der Waals surface area (Å²) in [4.78, 5) is 0. The number of halogens is 3. The van der Waals surface area contributed by atoms with Crippen molar-refractivity contribution >= 4 is 0 Å². The number of aliphatic hydroxyl groups is 1. The molecule has 0 fully saturated rings. The van der Waals surface area contributed by atoms with Crippen molar-refractivity contribution in [3.63, 3.8) is 0 Å². The summed E-state index contributed by atoms with van der Waals surface area (Å²) >= 11 is 0. The number of hydrogen-bond donors (Lipinski definition) is 2. The molecule has 0 bridgehead atoms. The Balaban J connectivity index is 2.45. The molecule has 1 rings (SSSR count). The zero-order valence-electron chi connectivity index (χ0n) is 11.9. The molecule has 0 radical (unpaired) electrons. The van der Waals surface area contributed by atoms with Gasteiger partial charge >= 0.3 is 6.18 Å². The number of hydrogen-bond acceptors (Lipinski definition) is 3. The average molecular weight is 293 g/mol. The van der Waals surface area contributed by atoms with Gasteiger partial charge in [-0.15, -0.1) is 0 Å². The van der Waals surface area contributed by atoms with Crippen LogP contribution in [0.2, 0.25) is 0 Å². The van der Waals surface area contributed by atoms with Crippen LogP contribution < -0.4 is 5.32 Å². The van der Waals surface area contributed by atoms with Gasteiger partial charge in [0.1, 0.15) is 0 Å². The van der Waals surface area contributed by atoms with Crippen LogP contribution in [0.3, 0.4) is 0 Å². The van der Waals surface area contributed by atoms with Gasteiger partial charge in [0.05, 0.1) is 6.61 Å². The second kappa shape index (κ2) is 7.08. The molecule has 4 nitrogen and oxygen atoms in total. The lowest BCUT2D eigenvalue weighted by Crippen LogP contribution is -2.46. The molecule has 1 aromatic rings. The summed E-state index contributed by atoms with van der Waals surface area (Å²) in [5.41, 5.74) is -1.26. The van der Waals surface area contributed by atoms with Gasteiger partial charge in [-0.1, -0.05) is 6.92 Å². The van der Waals surface area contributed by atoms with E-state index in [-0.39, 0.29) is 6.61 Å². The number of aryl methyl sites for hydroxylation is 1. The Kier molecular flexibility index (Phi) is 6.01. The third kappa shape index (κ3) is 5.13. The molecule has 0 aliphatic heterocycles. The van der Waals surface area contributed by atoms with Gasteiger partial charge in [-0.25, -0.2) is 0 Å². The first-order valence-corrected chi connectivity index (χ1v) is 6.77. The Hall–Kier alpha value is -1.08. The van der Waals surface area contributed by atoms with Crippen molar-refractivity contribution in [2.75, 3.05) is 13.2 Å². The zero-order valence-corrected chi connectivity index (χ0v) is 11.9. The SMILES string of the molecule is CCCNC(C)(CO)CCCn1ccc(C(F)(F)F)n1. The van der Waals surface area contributed by atoms with E-state index in [9.17, 15) is 18.3 Å². The molecule has 0 aliphatic carbocycles. The fourth-order valence-corrected chi connectivity index (χ4v) is 1.92. The summed E-state index contributed by atoms with van der Waals surface area (Å²) in [6.07, 6.45) is -0.784. The third-order valence-electron chi connectivity index (χ3n) is 3.20. The smallest absolute Gasteiger partial charge is 0.394 e. The highest BCUT2D eigenvalue weighted by Crippen LogP contribution is 2.27. The monoisotopic (exact) mass is 293 g/mol. The van der Waals surface area contributed by atoms with Crippen molar-refractivity contribution in [2.45, 2.75) is 51.4 Å². The molecule has 1 aromatic heterocycles. The number of aliphatic hydroxyl groups excluding tert-OH is 1. The van der Waals surface area contributed by atoms with Crippen molar-refractivity contribution in [3.05, 3.63) is 18.0 Å². The number of alkyl halides is 3. The normalized spacial score (nSPS) is 15.3. The van der Waals surface area contributed by atoms with E-state index >= 15 is 0 Å². The summed E-state index contributed by atoms with van der Waals surface area (Å²) in [6.45, 7) is 5.15. The van der Waals surface area contributed by atoms with Crippen LogP contribution in [0.5, 0.6) is 0 Å². The first kappa shape index (κ1) is 17.0. The minimum Gasteiger partial charge on any atom is -0.394 e. The summed E-state index contributed by atoms with van der Waals surface area (Å²) in [6, 6.07) is 0.973. The first-order chi connectivity index (χ1) is 9.30. The second-order valence-corrected chi connectivity index (χ2v) is 5.21. The van der Waals surface area contributed by atoms with Crippen molar-refractivity contribution in [1.29, 1.82) is 0 Å². The van der Waals surface area contributed by atoms with E-state index in [4.69, 9.17) is 0 Å². The van der Waals surface area contributed by atoms with Gasteiger partial charge in [0.25, 0.3) is 0 Å². The Morgan fingerprint density at radius 1 is 1.40 bits per heavy atom. The number of nitrogens with zero attached hydrogens (tertiary/aromatic N) is 2. The van der Waals surface area contributed by atoms with E-state index in [1.165, 1.54) is 10.9 Å². The predicted molar refractivity (Wildman–Crippen MR) is 70.2 cm³/mol. The summed E-state index contributed by atoms with van der Waals surface area (Å²) < 4.78 is 38.5. The zero-order chi connectivity index (χ0) is 15.2. The van der Waals surface area contributed by atoms with Crippen LogP contribution in [-0.4, -0.2) is 33.6 Å². The Bertz CT molecular complexity index is 406. The molecule has 0 spiro atoms. The lowest BCUT2D eigenvalue weighted by Gasteiger charge is -2.28. The first-order valence-electron chi connectivity index (χ1n) is 6.77. The lowest BCUT2D eigenvalue weighted by molar-refractivity contribution is -0.141. The van der Waals surface area contributed by atoms with E-state index in [1.54, 1.807) is 0 Å². The molecular formula is C13H22F3N3O. The van der Waals surface area contributed by atoms with Crippen molar-refractivity contribution in [3.8, 4) is 0 Å². The van der Waals surface area contributed by atoms with Crippen LogP contribution in [0.15, 0.2) is 12.3 Å². The Morgan fingerprint density at radius 2 is 2.10 bits per heavy atom. The quantitative estimate of drug-likeness (QED) is 0.774. The maximum atomic E-state index is 12.4. The van der Waals surface area contributed by atoms with Gasteiger partial charge in [-0.05, 0) is 38.8 Å². The highest BCUT2D eigenvalue weighted by atomic mass is 19.4. The molecule has 1 unspecified atom stereocenters. The number of rotatable bonds is 8. The number of nitrogens with one attached hydrogen (secondary N) is 1. The minimum atomic E-state index is -4.40. The second-order valence-electron chi connectivity index (χ2n) is 5.21. The van der Waals surface area contributed by atoms with Gasteiger partial charge < -0.3 is 10.4 Å². The fourth-order valence-electron chi connectivity index (χ4n) is 1.92. The van der Waals surface area contributed by atoms with E-state index in [0.717, 1.165) is 19.0 Å². The molecular weight excluding hydrogens is 271 g/mol. The lowest BCUT2D eigenvalue weighted by atomic mass is 9.96. The highest BCUT2D eigenvalue weighted by molar-refractivity contribution is 5.03. The van der Waals surface area contributed by atoms with Crippen LogP contribution in [0.1, 0.15) is 38.8 Å². The molecule has 116 valence electrons. The van der Waals surface area contributed by atoms with E-state index < -0.39 is 17.4 Å². The highest BCUT2D eigenvalue weighted by Gasteiger charge is 2.33. The molecule has 0 aliphatic rings. The van der Waals surface area contributed by atoms with Gasteiger partial charge in [0, 0.05) is 18.3 Å².